The lowest BCUT2D eigenvalue weighted by atomic mass is 10.3. The van der Waals surface area contributed by atoms with Crippen LogP contribution in [0.3, 0.4) is 0 Å². The number of hydrogen-bond acceptors (Lipinski definition) is 4. The van der Waals surface area contributed by atoms with Crippen molar-refractivity contribution in [2.45, 2.75) is 25.4 Å². The predicted molar refractivity (Wildman–Crippen MR) is 51.3 cm³/mol. The summed E-state index contributed by atoms with van der Waals surface area (Å²) in [5.41, 5.74) is 6.43. The van der Waals surface area contributed by atoms with E-state index in [0.717, 1.165) is 11.5 Å². The van der Waals surface area contributed by atoms with E-state index < -0.39 is 0 Å². The number of hydrogen-bond donors (Lipinski definition) is 1. The number of rotatable bonds is 3. The molecule has 13 heavy (non-hydrogen) atoms. The third kappa shape index (κ3) is 1.78. The minimum absolute atomic E-state index is 0.507. The van der Waals surface area contributed by atoms with Crippen LogP contribution in [0.1, 0.15) is 18.4 Å². The highest BCUT2D eigenvalue weighted by Crippen LogP contribution is 2.27. The first-order valence-corrected chi connectivity index (χ1v) is 4.55. The lowest BCUT2D eigenvalue weighted by molar-refractivity contribution is 0.853. The van der Waals surface area contributed by atoms with Gasteiger partial charge >= 0.3 is 0 Å². The Morgan fingerprint density at radius 2 is 2.08 bits per heavy atom. The van der Waals surface area contributed by atoms with Gasteiger partial charge in [0, 0.05) is 37.6 Å². The lowest BCUT2D eigenvalue weighted by Crippen LogP contribution is -2.21. The Balaban J connectivity index is 2.11. The van der Waals surface area contributed by atoms with E-state index in [4.69, 9.17) is 5.73 Å². The van der Waals surface area contributed by atoms with Crippen LogP contribution in [0.25, 0.3) is 0 Å². The van der Waals surface area contributed by atoms with Crippen molar-refractivity contribution in [2.75, 3.05) is 11.9 Å². The molecule has 1 heterocycles. The van der Waals surface area contributed by atoms with Gasteiger partial charge in [0.25, 0.3) is 0 Å². The molecule has 0 aliphatic heterocycles. The van der Waals surface area contributed by atoms with E-state index in [-0.39, 0.29) is 0 Å². The van der Waals surface area contributed by atoms with Gasteiger partial charge in [-0.3, -0.25) is 0 Å². The summed E-state index contributed by atoms with van der Waals surface area (Å²) >= 11 is 0. The van der Waals surface area contributed by atoms with Gasteiger partial charge in [0.05, 0.1) is 0 Å². The number of aromatic nitrogens is 2. The van der Waals surface area contributed by atoms with Crippen molar-refractivity contribution in [3.05, 3.63) is 18.0 Å². The molecule has 4 nitrogen and oxygen atoms in total. The maximum atomic E-state index is 5.45. The molecule has 0 aromatic carbocycles. The highest BCUT2D eigenvalue weighted by atomic mass is 15.3. The maximum absolute atomic E-state index is 5.45. The summed E-state index contributed by atoms with van der Waals surface area (Å²) in [6.07, 6.45) is 6.11. The van der Waals surface area contributed by atoms with Crippen molar-refractivity contribution in [1.29, 1.82) is 0 Å². The van der Waals surface area contributed by atoms with E-state index in [9.17, 15) is 0 Å². The van der Waals surface area contributed by atoms with E-state index >= 15 is 0 Å². The number of nitrogens with zero attached hydrogens (tertiary/aromatic N) is 3. The van der Waals surface area contributed by atoms with Crippen LogP contribution in [0.5, 0.6) is 0 Å². The highest BCUT2D eigenvalue weighted by molar-refractivity contribution is 5.32. The Labute approximate surface area is 77.8 Å². The van der Waals surface area contributed by atoms with Gasteiger partial charge in [-0.15, -0.1) is 0 Å². The second-order valence-electron chi connectivity index (χ2n) is 3.44. The Morgan fingerprint density at radius 3 is 2.54 bits per heavy atom. The van der Waals surface area contributed by atoms with Crippen LogP contribution < -0.4 is 10.6 Å². The molecule has 1 fully saturated rings. The van der Waals surface area contributed by atoms with E-state index in [1.807, 2.05) is 7.05 Å². The van der Waals surface area contributed by atoms with Gasteiger partial charge in [0.1, 0.15) is 0 Å². The van der Waals surface area contributed by atoms with Crippen molar-refractivity contribution in [3.8, 4) is 0 Å². The summed E-state index contributed by atoms with van der Waals surface area (Å²) in [7, 11) is 2.04. The zero-order valence-corrected chi connectivity index (χ0v) is 7.77. The second-order valence-corrected chi connectivity index (χ2v) is 3.44. The van der Waals surface area contributed by atoms with E-state index in [1.54, 1.807) is 12.4 Å². The predicted octanol–water partition coefficient (Wildman–Crippen LogP) is 0.534. The third-order valence-electron chi connectivity index (χ3n) is 2.34. The summed E-state index contributed by atoms with van der Waals surface area (Å²) in [4.78, 5) is 10.6. The minimum atomic E-state index is 0.507. The summed E-state index contributed by atoms with van der Waals surface area (Å²) in [6.45, 7) is 0.507. The third-order valence-corrected chi connectivity index (χ3v) is 2.34. The molecule has 1 aromatic heterocycles. The lowest BCUT2D eigenvalue weighted by Gasteiger charge is -2.15. The van der Waals surface area contributed by atoms with Crippen LogP contribution in [0.2, 0.25) is 0 Å². The van der Waals surface area contributed by atoms with E-state index in [2.05, 4.69) is 14.9 Å². The highest BCUT2D eigenvalue weighted by Gasteiger charge is 2.27. The normalized spacial score (nSPS) is 15.8. The molecule has 4 heteroatoms. The number of nitrogens with two attached hydrogens (primary N) is 1. The molecule has 0 unspecified atom stereocenters. The quantitative estimate of drug-likeness (QED) is 0.733. The Hall–Kier alpha value is -1.16. The van der Waals surface area contributed by atoms with Gasteiger partial charge in [-0.05, 0) is 12.8 Å². The van der Waals surface area contributed by atoms with Crippen molar-refractivity contribution in [3.63, 3.8) is 0 Å². The SMILES string of the molecule is CN(c1ncc(CN)cn1)C1CC1. The first kappa shape index (κ1) is 8.44. The van der Waals surface area contributed by atoms with Crippen molar-refractivity contribution in [1.82, 2.24) is 9.97 Å². The second kappa shape index (κ2) is 3.30. The molecular weight excluding hydrogens is 164 g/mol. The standard InChI is InChI=1S/C9H14N4/c1-13(8-2-3-8)9-11-5-7(4-10)6-12-9/h5-6,8H,2-4,10H2,1H3. The molecule has 0 saturated heterocycles. The smallest absolute Gasteiger partial charge is 0.225 e. The van der Waals surface area contributed by atoms with Gasteiger partial charge in [0.15, 0.2) is 0 Å². The summed E-state index contributed by atoms with van der Waals surface area (Å²) in [5.74, 6) is 0.805. The summed E-state index contributed by atoms with van der Waals surface area (Å²) in [6, 6.07) is 0.656. The zero-order chi connectivity index (χ0) is 9.26. The topological polar surface area (TPSA) is 55.0 Å². The van der Waals surface area contributed by atoms with Crippen molar-refractivity contribution < 1.29 is 0 Å². The molecule has 1 aromatic rings. The van der Waals surface area contributed by atoms with Crippen LogP contribution >= 0.6 is 0 Å². The van der Waals surface area contributed by atoms with Crippen LogP contribution in [-0.4, -0.2) is 23.1 Å². The van der Waals surface area contributed by atoms with Crippen molar-refractivity contribution >= 4 is 5.95 Å². The Morgan fingerprint density at radius 1 is 1.46 bits per heavy atom. The van der Waals surface area contributed by atoms with Gasteiger partial charge in [-0.1, -0.05) is 0 Å². The molecule has 0 amide bonds. The molecule has 0 radical (unpaired) electrons. The van der Waals surface area contributed by atoms with E-state index in [0.29, 0.717) is 12.6 Å². The molecule has 0 bridgehead atoms. The van der Waals surface area contributed by atoms with Crippen LogP contribution in [0, 0.1) is 0 Å². The molecule has 0 spiro atoms. The van der Waals surface area contributed by atoms with Gasteiger partial charge in [-0.2, -0.15) is 0 Å². The van der Waals surface area contributed by atoms with Gasteiger partial charge in [-0.25, -0.2) is 9.97 Å². The molecule has 1 aliphatic rings. The monoisotopic (exact) mass is 178 g/mol. The molecule has 1 saturated carbocycles. The molecule has 2 N–H and O–H groups in total. The average Bonchev–Trinajstić information content (AvgIpc) is 3.00. The van der Waals surface area contributed by atoms with Crippen LogP contribution in [-0.2, 0) is 6.54 Å². The number of anilines is 1. The minimum Gasteiger partial charge on any atom is -0.341 e. The average molecular weight is 178 g/mol. The first-order valence-electron chi connectivity index (χ1n) is 4.55. The fraction of sp³-hybridized carbons (Fsp3) is 0.556. The molecule has 0 atom stereocenters. The fourth-order valence-electron chi connectivity index (χ4n) is 1.26. The van der Waals surface area contributed by atoms with Crippen LogP contribution in [0.4, 0.5) is 5.95 Å². The molecule has 1 aliphatic carbocycles. The van der Waals surface area contributed by atoms with Gasteiger partial charge < -0.3 is 10.6 Å². The Bertz CT molecular complexity index is 278. The van der Waals surface area contributed by atoms with Crippen LogP contribution in [0.15, 0.2) is 12.4 Å². The molecule has 2 rings (SSSR count). The first-order chi connectivity index (χ1) is 6.31. The summed E-state index contributed by atoms with van der Waals surface area (Å²) < 4.78 is 0. The fourth-order valence-corrected chi connectivity index (χ4v) is 1.26. The molecular formula is C9H14N4. The van der Waals surface area contributed by atoms with Gasteiger partial charge in [0.2, 0.25) is 5.95 Å². The van der Waals surface area contributed by atoms with Crippen molar-refractivity contribution in [2.24, 2.45) is 5.73 Å². The Kier molecular flexibility index (Phi) is 2.14. The molecule has 70 valence electrons. The largest absolute Gasteiger partial charge is 0.341 e. The maximum Gasteiger partial charge on any atom is 0.225 e. The van der Waals surface area contributed by atoms with E-state index in [1.165, 1.54) is 12.8 Å². The zero-order valence-electron chi connectivity index (χ0n) is 7.77. The summed E-state index contributed by atoms with van der Waals surface area (Å²) in [5, 5.41) is 0.